The average molecular weight is 367 g/mol. The van der Waals surface area contributed by atoms with Crippen molar-refractivity contribution < 1.29 is 4.79 Å². The first-order valence-corrected chi connectivity index (χ1v) is 9.18. The van der Waals surface area contributed by atoms with Crippen molar-refractivity contribution in [3.63, 3.8) is 0 Å². The summed E-state index contributed by atoms with van der Waals surface area (Å²) >= 11 is 0. The summed E-state index contributed by atoms with van der Waals surface area (Å²) in [5, 5.41) is 0. The van der Waals surface area contributed by atoms with E-state index in [1.165, 1.54) is 5.56 Å². The maximum Gasteiger partial charge on any atom is 0.183 e. The van der Waals surface area contributed by atoms with E-state index in [1.54, 1.807) is 24.7 Å². The molecule has 0 atom stereocenters. The summed E-state index contributed by atoms with van der Waals surface area (Å²) in [5.41, 5.74) is 7.56. The molecule has 0 saturated heterocycles. The molecule has 0 bridgehead atoms. The van der Waals surface area contributed by atoms with Gasteiger partial charge in [-0.25, -0.2) is 15.0 Å². The zero-order valence-electron chi connectivity index (χ0n) is 15.4. The summed E-state index contributed by atoms with van der Waals surface area (Å²) in [4.78, 5) is 34.5. The second kappa shape index (κ2) is 6.56. The van der Waals surface area contributed by atoms with Gasteiger partial charge in [-0.2, -0.15) is 0 Å². The smallest absolute Gasteiger partial charge is 0.183 e. The Kier molecular flexibility index (Phi) is 3.90. The summed E-state index contributed by atoms with van der Waals surface area (Å²) < 4.78 is 0. The fraction of sp³-hybridized carbons (Fsp3) is 0.182. The number of aliphatic imine (C=N–C) groups is 2. The molecule has 2 aliphatic rings. The minimum atomic E-state index is 0.0116. The second-order valence-electron chi connectivity index (χ2n) is 6.97. The quantitative estimate of drug-likeness (QED) is 0.710. The van der Waals surface area contributed by atoms with Gasteiger partial charge in [-0.05, 0) is 42.3 Å². The van der Waals surface area contributed by atoms with Gasteiger partial charge in [0, 0.05) is 36.1 Å². The summed E-state index contributed by atoms with van der Waals surface area (Å²) in [6.07, 6.45) is 6.04. The molecule has 136 valence electrons. The molecule has 6 nitrogen and oxygen atoms in total. The third-order valence-corrected chi connectivity index (χ3v) is 5.03. The zero-order valence-corrected chi connectivity index (χ0v) is 15.4. The van der Waals surface area contributed by atoms with Crippen LogP contribution in [0.15, 0.2) is 58.9 Å². The predicted molar refractivity (Wildman–Crippen MR) is 106 cm³/mol. The number of benzene rings is 1. The van der Waals surface area contributed by atoms with E-state index >= 15 is 0 Å². The molecule has 2 aromatic heterocycles. The monoisotopic (exact) mass is 367 g/mol. The van der Waals surface area contributed by atoms with Gasteiger partial charge in [0.05, 0.1) is 35.8 Å². The minimum absolute atomic E-state index is 0.0116. The molecular formula is C22H17N5O. The van der Waals surface area contributed by atoms with Crippen LogP contribution in [-0.2, 0) is 24.2 Å². The van der Waals surface area contributed by atoms with Gasteiger partial charge in [0.2, 0.25) is 0 Å². The molecule has 28 heavy (non-hydrogen) atoms. The van der Waals surface area contributed by atoms with Crippen molar-refractivity contribution in [1.29, 1.82) is 0 Å². The van der Waals surface area contributed by atoms with Crippen molar-refractivity contribution in [3.8, 4) is 0 Å². The highest BCUT2D eigenvalue weighted by Crippen LogP contribution is 2.34. The molecule has 3 aromatic rings. The van der Waals surface area contributed by atoms with Crippen LogP contribution >= 0.6 is 0 Å². The van der Waals surface area contributed by atoms with Crippen molar-refractivity contribution in [2.24, 2.45) is 9.98 Å². The molecule has 2 aliphatic heterocycles. The molecule has 0 spiro atoms. The van der Waals surface area contributed by atoms with Crippen molar-refractivity contribution >= 4 is 22.9 Å². The van der Waals surface area contributed by atoms with Crippen LogP contribution in [0.4, 0.5) is 5.69 Å². The first-order chi connectivity index (χ1) is 13.7. The van der Waals surface area contributed by atoms with E-state index in [9.17, 15) is 4.79 Å². The fourth-order valence-electron chi connectivity index (χ4n) is 3.68. The number of fused-ring (bicyclic) bond motifs is 2. The molecule has 0 fully saturated rings. The molecule has 0 unspecified atom stereocenters. The number of pyridine rings is 1. The predicted octanol–water partition coefficient (Wildman–Crippen LogP) is 2.97. The van der Waals surface area contributed by atoms with E-state index in [-0.39, 0.29) is 12.2 Å². The van der Waals surface area contributed by atoms with Gasteiger partial charge >= 0.3 is 0 Å². The maximum atomic E-state index is 12.7. The highest BCUT2D eigenvalue weighted by molar-refractivity contribution is 6.42. The molecule has 1 aromatic carbocycles. The van der Waals surface area contributed by atoms with Gasteiger partial charge in [-0.1, -0.05) is 6.07 Å². The van der Waals surface area contributed by atoms with Gasteiger partial charge in [-0.3, -0.25) is 14.8 Å². The summed E-state index contributed by atoms with van der Waals surface area (Å²) in [5.74, 6) is 0.679. The minimum Gasteiger partial charge on any atom is -0.292 e. The maximum absolute atomic E-state index is 12.7. The Labute approximate surface area is 162 Å². The van der Waals surface area contributed by atoms with Crippen molar-refractivity contribution in [2.45, 2.75) is 26.3 Å². The van der Waals surface area contributed by atoms with E-state index < -0.39 is 0 Å². The van der Waals surface area contributed by atoms with Crippen molar-refractivity contribution in [3.05, 3.63) is 82.7 Å². The number of carbonyl (C=O) groups excluding carboxylic acids is 1. The number of ketones is 1. The largest absolute Gasteiger partial charge is 0.292 e. The highest BCUT2D eigenvalue weighted by atomic mass is 16.1. The Morgan fingerprint density at radius 3 is 2.75 bits per heavy atom. The number of Topliss-reactive ketones (excluding diaryl/α,β-unsaturated/α-hetero) is 1. The van der Waals surface area contributed by atoms with Crippen LogP contribution in [0.25, 0.3) is 0 Å². The lowest BCUT2D eigenvalue weighted by atomic mass is 9.96. The van der Waals surface area contributed by atoms with Crippen LogP contribution in [0, 0.1) is 6.92 Å². The van der Waals surface area contributed by atoms with E-state index in [0.717, 1.165) is 33.8 Å². The summed E-state index contributed by atoms with van der Waals surface area (Å²) in [6.45, 7) is 2.48. The van der Waals surface area contributed by atoms with Crippen LogP contribution in [0.3, 0.4) is 0 Å². The lowest BCUT2D eigenvalue weighted by Gasteiger charge is -2.06. The lowest BCUT2D eigenvalue weighted by molar-refractivity contribution is -0.112. The van der Waals surface area contributed by atoms with Crippen LogP contribution < -0.4 is 0 Å². The highest BCUT2D eigenvalue weighted by Gasteiger charge is 2.26. The molecule has 0 N–H and O–H groups in total. The Morgan fingerprint density at radius 1 is 1.07 bits per heavy atom. The van der Waals surface area contributed by atoms with Crippen LogP contribution in [0.1, 0.15) is 33.8 Å². The van der Waals surface area contributed by atoms with E-state index in [0.29, 0.717) is 24.5 Å². The van der Waals surface area contributed by atoms with Gasteiger partial charge in [0.15, 0.2) is 5.78 Å². The fourth-order valence-corrected chi connectivity index (χ4v) is 3.68. The Balaban J connectivity index is 1.42. The van der Waals surface area contributed by atoms with Crippen LogP contribution in [-0.4, -0.2) is 32.2 Å². The normalized spacial score (nSPS) is 14.3. The molecular weight excluding hydrogens is 350 g/mol. The van der Waals surface area contributed by atoms with Gasteiger partial charge < -0.3 is 0 Å². The average Bonchev–Trinajstić information content (AvgIpc) is 3.30. The van der Waals surface area contributed by atoms with E-state index in [4.69, 9.17) is 4.99 Å². The first-order valence-electron chi connectivity index (χ1n) is 9.18. The van der Waals surface area contributed by atoms with Gasteiger partial charge in [0.25, 0.3) is 0 Å². The number of rotatable bonds is 4. The molecule has 6 heteroatoms. The zero-order chi connectivity index (χ0) is 19.1. The Morgan fingerprint density at radius 2 is 1.93 bits per heavy atom. The second-order valence-corrected chi connectivity index (χ2v) is 6.97. The summed E-state index contributed by atoms with van der Waals surface area (Å²) in [6, 6.07) is 9.90. The standard InChI is InChI=1S/C22H17N5O/c1-13-24-7-4-17(26-13)10-21(28)20-9-15-8-16-12-25-22(14-2-5-23-6-3-14)18(16)11-19(15)27-20/h2-8,11H,9-10,12H2,1H3. The van der Waals surface area contributed by atoms with Crippen molar-refractivity contribution in [1.82, 2.24) is 15.0 Å². The van der Waals surface area contributed by atoms with E-state index in [1.807, 2.05) is 19.1 Å². The van der Waals surface area contributed by atoms with Crippen LogP contribution in [0.5, 0.6) is 0 Å². The number of aryl methyl sites for hydroxylation is 1. The number of aromatic nitrogens is 3. The SMILES string of the molecule is Cc1nccc(CC(=O)C2=Nc3cc4c(cc3C2)CN=C4c2ccncc2)n1. The number of hydrogen-bond donors (Lipinski definition) is 0. The van der Waals surface area contributed by atoms with Crippen molar-refractivity contribution in [2.75, 3.05) is 0 Å². The third-order valence-electron chi connectivity index (χ3n) is 5.03. The third kappa shape index (κ3) is 2.93. The Hall–Kier alpha value is -3.54. The summed E-state index contributed by atoms with van der Waals surface area (Å²) in [7, 11) is 0. The Bertz CT molecular complexity index is 1160. The lowest BCUT2D eigenvalue weighted by Crippen LogP contribution is -2.17. The molecule has 0 radical (unpaired) electrons. The molecule has 4 heterocycles. The number of nitrogens with zero attached hydrogens (tertiary/aromatic N) is 5. The number of hydrogen-bond acceptors (Lipinski definition) is 6. The number of carbonyl (C=O) groups is 1. The van der Waals surface area contributed by atoms with Crippen LogP contribution in [0.2, 0.25) is 0 Å². The molecule has 0 amide bonds. The topological polar surface area (TPSA) is 80.5 Å². The molecule has 5 rings (SSSR count). The van der Waals surface area contributed by atoms with Gasteiger partial charge in [0.1, 0.15) is 5.82 Å². The molecule has 0 saturated carbocycles. The first kappa shape index (κ1) is 16.6. The van der Waals surface area contributed by atoms with E-state index in [2.05, 4.69) is 32.1 Å². The molecule has 0 aliphatic carbocycles. The van der Waals surface area contributed by atoms with Gasteiger partial charge in [-0.15, -0.1) is 0 Å².